The van der Waals surface area contributed by atoms with Crippen LogP contribution in [-0.2, 0) is 57.8 Å². The summed E-state index contributed by atoms with van der Waals surface area (Å²) >= 11 is 0. The first-order chi connectivity index (χ1) is 28.4. The van der Waals surface area contributed by atoms with Crippen molar-refractivity contribution in [3.05, 3.63) is 176 Å². The first-order valence-corrected chi connectivity index (χ1v) is 28.2. The van der Waals surface area contributed by atoms with E-state index >= 15 is 0 Å². The number of benzene rings is 6. The first kappa shape index (κ1) is 44.7. The van der Waals surface area contributed by atoms with Gasteiger partial charge in [0, 0.05) is 0 Å². The molecular formula is C57H74P2. The van der Waals surface area contributed by atoms with Gasteiger partial charge in [0.2, 0.25) is 0 Å². The molecule has 59 heavy (non-hydrogen) atoms. The van der Waals surface area contributed by atoms with E-state index in [0.717, 1.165) is 57.8 Å². The minimum atomic E-state index is -3.25. The maximum absolute atomic E-state index is 3.25. The monoisotopic (exact) mass is 821 g/mol. The summed E-state index contributed by atoms with van der Waals surface area (Å²) in [7, 11) is 0. The topological polar surface area (TPSA) is 0 Å². The van der Waals surface area contributed by atoms with Gasteiger partial charge in [-0.1, -0.05) is 0 Å². The van der Waals surface area contributed by atoms with E-state index in [2.05, 4.69) is 192 Å². The summed E-state index contributed by atoms with van der Waals surface area (Å²) in [5.74, 6) is 0. The quantitative estimate of drug-likeness (QED) is 0.0853. The standard InChI is InChI=1S/C57H74P2/c1-13-43-22-40(10)25-52(31-43)58(53-26-41(11)23-44(14-2)32-53,54-27-42(12)24-45(15-3)33-54)59(55-34-46(16-4)28-47(17-5)35-55,56-36-48(18-6)29-49(19-7)37-56)57-38-50(20-8)30-51(21-9)39-57/h22-39,58-59H,13-21H2,1-12H3. The molecule has 6 aromatic rings. The Morgan fingerprint density at radius 3 is 0.542 bits per heavy atom. The molecule has 0 bridgehead atoms. The van der Waals surface area contributed by atoms with Crippen molar-refractivity contribution in [2.75, 3.05) is 0 Å². The Labute approximate surface area is 360 Å². The summed E-state index contributed by atoms with van der Waals surface area (Å²) in [6, 6.07) is 47.3. The van der Waals surface area contributed by atoms with E-state index in [-0.39, 0.29) is 0 Å². The van der Waals surface area contributed by atoms with Crippen LogP contribution in [-0.4, -0.2) is 0 Å². The molecule has 0 saturated carbocycles. The Morgan fingerprint density at radius 2 is 0.373 bits per heavy atom. The molecule has 0 radical (unpaired) electrons. The zero-order chi connectivity index (χ0) is 42.5. The van der Waals surface area contributed by atoms with Crippen LogP contribution in [0.2, 0.25) is 0 Å². The van der Waals surface area contributed by atoms with Crippen LogP contribution in [0.1, 0.15) is 129 Å². The van der Waals surface area contributed by atoms with E-state index in [4.69, 9.17) is 0 Å². The Morgan fingerprint density at radius 1 is 0.220 bits per heavy atom. The third-order valence-corrected chi connectivity index (χ3v) is 30.0. The van der Waals surface area contributed by atoms with Crippen molar-refractivity contribution in [2.45, 2.75) is 141 Å². The molecule has 0 heterocycles. The van der Waals surface area contributed by atoms with Crippen molar-refractivity contribution in [3.63, 3.8) is 0 Å². The van der Waals surface area contributed by atoms with Gasteiger partial charge in [-0.3, -0.25) is 0 Å². The van der Waals surface area contributed by atoms with Crippen LogP contribution < -0.4 is 31.8 Å². The molecule has 0 aromatic heterocycles. The predicted molar refractivity (Wildman–Crippen MR) is 272 cm³/mol. The SMILES string of the molecule is CCc1cc(C)cc([PH](c2cc(C)cc(CC)c2)(c2cc(C)cc(CC)c2)[PH](c2cc(CC)cc(CC)c2)(c2cc(CC)cc(CC)c2)c2cc(CC)cc(CC)c2)c1. The summed E-state index contributed by atoms with van der Waals surface area (Å²) < 4.78 is 0. The molecule has 0 unspecified atom stereocenters. The average Bonchev–Trinajstić information content (AvgIpc) is 3.26. The first-order valence-electron chi connectivity index (χ1n) is 23.2. The van der Waals surface area contributed by atoms with Gasteiger partial charge in [0.1, 0.15) is 0 Å². The molecule has 0 aliphatic carbocycles. The van der Waals surface area contributed by atoms with Gasteiger partial charge in [-0.15, -0.1) is 0 Å². The molecular weight excluding hydrogens is 747 g/mol. The van der Waals surface area contributed by atoms with Gasteiger partial charge < -0.3 is 0 Å². The van der Waals surface area contributed by atoms with Gasteiger partial charge in [0.05, 0.1) is 0 Å². The van der Waals surface area contributed by atoms with Crippen LogP contribution in [0.3, 0.4) is 0 Å². The Kier molecular flexibility index (Phi) is 14.6. The van der Waals surface area contributed by atoms with Crippen LogP contribution in [0.5, 0.6) is 0 Å². The summed E-state index contributed by atoms with van der Waals surface area (Å²) in [6.07, 6.45) is 9.14. The van der Waals surface area contributed by atoms with Crippen LogP contribution in [0.25, 0.3) is 0 Å². The maximum atomic E-state index is 2.71. The van der Waals surface area contributed by atoms with E-state index in [9.17, 15) is 0 Å². The van der Waals surface area contributed by atoms with Crippen molar-refractivity contribution < 1.29 is 0 Å². The predicted octanol–water partition coefficient (Wildman–Crippen LogP) is 12.3. The molecule has 2 heteroatoms. The zero-order valence-electron chi connectivity index (χ0n) is 38.8. The molecule has 0 spiro atoms. The Bertz CT molecular complexity index is 2080. The zero-order valence-corrected chi connectivity index (χ0v) is 40.8. The van der Waals surface area contributed by atoms with Gasteiger partial charge in [-0.25, -0.2) is 0 Å². The molecule has 0 aliphatic heterocycles. The fraction of sp³-hybridized carbons (Fsp3) is 0.368. The minimum absolute atomic E-state index is 1.01. The second kappa shape index (κ2) is 19.3. The molecule has 6 rings (SSSR count). The Balaban J connectivity index is 2.14. The van der Waals surface area contributed by atoms with Crippen LogP contribution in [0.4, 0.5) is 0 Å². The van der Waals surface area contributed by atoms with E-state index in [0.29, 0.717) is 0 Å². The molecule has 0 aliphatic rings. The van der Waals surface area contributed by atoms with Gasteiger partial charge >= 0.3 is 363 Å². The Hall–Kier alpha value is -3.82. The molecule has 0 amide bonds. The van der Waals surface area contributed by atoms with Gasteiger partial charge in [0.15, 0.2) is 0 Å². The summed E-state index contributed by atoms with van der Waals surface area (Å²) in [5, 5.41) is 9.47. The fourth-order valence-corrected chi connectivity index (χ4v) is 30.3. The molecule has 0 N–H and O–H groups in total. The van der Waals surface area contributed by atoms with Crippen molar-refractivity contribution in [1.29, 1.82) is 0 Å². The van der Waals surface area contributed by atoms with Crippen molar-refractivity contribution in [1.82, 2.24) is 0 Å². The van der Waals surface area contributed by atoms with E-state index < -0.39 is 13.9 Å². The third-order valence-electron chi connectivity index (χ3n) is 13.4. The average molecular weight is 821 g/mol. The van der Waals surface area contributed by atoms with E-state index in [1.807, 2.05) is 0 Å². The summed E-state index contributed by atoms with van der Waals surface area (Å²) in [4.78, 5) is 0. The summed E-state index contributed by atoms with van der Waals surface area (Å²) in [6.45, 7) is 21.8. The van der Waals surface area contributed by atoms with Gasteiger partial charge in [0.25, 0.3) is 0 Å². The number of hydrogen-bond donors (Lipinski definition) is 0. The molecule has 0 saturated heterocycles. The number of aryl methyl sites for hydroxylation is 12. The van der Waals surface area contributed by atoms with Crippen molar-refractivity contribution >= 4 is 45.7 Å². The normalized spacial score (nSPS) is 12.5. The van der Waals surface area contributed by atoms with E-state index in [1.165, 1.54) is 66.8 Å². The number of rotatable bonds is 16. The van der Waals surface area contributed by atoms with Crippen LogP contribution in [0, 0.1) is 20.8 Å². The molecule has 6 aromatic carbocycles. The molecule has 0 nitrogen and oxygen atoms in total. The second-order valence-electron chi connectivity index (χ2n) is 17.4. The molecule has 0 atom stereocenters. The van der Waals surface area contributed by atoms with E-state index in [1.54, 1.807) is 31.8 Å². The van der Waals surface area contributed by atoms with Crippen LogP contribution >= 0.6 is 13.9 Å². The van der Waals surface area contributed by atoms with Crippen molar-refractivity contribution in [2.24, 2.45) is 0 Å². The second-order valence-corrected chi connectivity index (χ2v) is 28.4. The van der Waals surface area contributed by atoms with Gasteiger partial charge in [-0.2, -0.15) is 0 Å². The van der Waals surface area contributed by atoms with Crippen molar-refractivity contribution in [3.8, 4) is 0 Å². The molecule has 0 fully saturated rings. The third kappa shape index (κ3) is 8.57. The van der Waals surface area contributed by atoms with Gasteiger partial charge in [-0.05, 0) is 0 Å². The number of hydrogen-bond acceptors (Lipinski definition) is 0. The molecule has 312 valence electrons. The fourth-order valence-electron chi connectivity index (χ4n) is 10.3. The summed E-state index contributed by atoms with van der Waals surface area (Å²) in [5.41, 5.74) is 17.2. The van der Waals surface area contributed by atoms with Crippen LogP contribution in [0.15, 0.2) is 109 Å².